The number of aromatic nitrogens is 2. The van der Waals surface area contributed by atoms with Crippen molar-refractivity contribution in [2.45, 2.75) is 32.6 Å². The van der Waals surface area contributed by atoms with Gasteiger partial charge in [0.2, 0.25) is 17.6 Å². The van der Waals surface area contributed by atoms with E-state index in [1.807, 2.05) is 72.5 Å². The predicted octanol–water partition coefficient (Wildman–Crippen LogP) is 5.29. The fourth-order valence-electron chi connectivity index (χ4n) is 3.81. The van der Waals surface area contributed by atoms with Crippen molar-refractivity contribution in [1.29, 1.82) is 0 Å². The maximum absolute atomic E-state index is 13.1. The Morgan fingerprint density at radius 3 is 2.18 bits per heavy atom. The van der Waals surface area contributed by atoms with E-state index in [1.54, 1.807) is 0 Å². The van der Waals surface area contributed by atoms with Crippen LogP contribution in [0.4, 0.5) is 0 Å². The first-order valence-electron chi connectivity index (χ1n) is 11.4. The van der Waals surface area contributed by atoms with Crippen LogP contribution in [-0.2, 0) is 24.1 Å². The first-order chi connectivity index (χ1) is 16.2. The highest BCUT2D eigenvalue weighted by atomic mass is 16.5. The van der Waals surface area contributed by atoms with E-state index in [9.17, 15) is 4.79 Å². The topological polar surface area (TPSA) is 59.2 Å². The third-order valence-electron chi connectivity index (χ3n) is 5.68. The molecule has 4 rings (SSSR count). The molecule has 168 valence electrons. The molecule has 1 amide bonds. The summed E-state index contributed by atoms with van der Waals surface area (Å²) in [4.78, 5) is 19.6. The number of aryl methyl sites for hydroxylation is 2. The minimum absolute atomic E-state index is 0.146. The number of nitrogens with zero attached hydrogens (tertiary/aromatic N) is 3. The van der Waals surface area contributed by atoms with Crippen LogP contribution in [0.15, 0.2) is 89.5 Å². The zero-order valence-corrected chi connectivity index (χ0v) is 19.0. The molecule has 0 spiro atoms. The summed E-state index contributed by atoms with van der Waals surface area (Å²) in [6.07, 6.45) is 2.57. The van der Waals surface area contributed by atoms with E-state index in [4.69, 9.17) is 4.52 Å². The molecule has 0 unspecified atom stereocenters. The number of hydrogen-bond acceptors (Lipinski definition) is 4. The van der Waals surface area contributed by atoms with Crippen molar-refractivity contribution in [1.82, 2.24) is 15.0 Å². The highest BCUT2D eigenvalue weighted by molar-refractivity contribution is 5.76. The van der Waals surface area contributed by atoms with E-state index in [0.717, 1.165) is 24.0 Å². The predicted molar refractivity (Wildman–Crippen MR) is 130 cm³/mol. The highest BCUT2D eigenvalue weighted by Crippen LogP contribution is 2.17. The molecule has 5 heteroatoms. The number of amides is 1. The maximum Gasteiger partial charge on any atom is 0.228 e. The average molecular weight is 440 g/mol. The molecule has 0 N–H and O–H groups in total. The molecule has 0 fully saturated rings. The molecular weight excluding hydrogens is 410 g/mol. The van der Waals surface area contributed by atoms with Crippen LogP contribution in [0.5, 0.6) is 0 Å². The van der Waals surface area contributed by atoms with E-state index < -0.39 is 0 Å². The normalized spacial score (nSPS) is 10.8. The molecule has 0 saturated heterocycles. The van der Waals surface area contributed by atoms with Crippen LogP contribution in [0.1, 0.15) is 29.0 Å². The van der Waals surface area contributed by atoms with Gasteiger partial charge >= 0.3 is 0 Å². The minimum Gasteiger partial charge on any atom is -0.342 e. The Hall–Kier alpha value is -3.73. The number of carbonyl (C=O) groups is 1. The van der Waals surface area contributed by atoms with Crippen molar-refractivity contribution in [2.75, 3.05) is 13.1 Å². The van der Waals surface area contributed by atoms with Crippen LogP contribution in [0.2, 0.25) is 0 Å². The SMILES string of the molecule is Cc1cccc(-c2noc(CCN(CCc3ccccc3)C(=O)CCc3ccccc3)n2)c1. The van der Waals surface area contributed by atoms with Gasteiger partial charge in [0.1, 0.15) is 0 Å². The van der Waals surface area contributed by atoms with E-state index in [-0.39, 0.29) is 5.91 Å². The maximum atomic E-state index is 13.1. The van der Waals surface area contributed by atoms with Gasteiger partial charge in [-0.05, 0) is 37.0 Å². The second-order valence-corrected chi connectivity index (χ2v) is 8.23. The van der Waals surface area contributed by atoms with Crippen molar-refractivity contribution >= 4 is 5.91 Å². The molecule has 0 aliphatic heterocycles. The van der Waals surface area contributed by atoms with Gasteiger partial charge in [-0.3, -0.25) is 4.79 Å². The molecule has 0 aliphatic rings. The lowest BCUT2D eigenvalue weighted by molar-refractivity contribution is -0.131. The van der Waals surface area contributed by atoms with Gasteiger partial charge in [0, 0.05) is 31.5 Å². The van der Waals surface area contributed by atoms with Crippen LogP contribution >= 0.6 is 0 Å². The van der Waals surface area contributed by atoms with E-state index in [1.165, 1.54) is 11.1 Å². The highest BCUT2D eigenvalue weighted by Gasteiger charge is 2.16. The molecule has 1 aromatic heterocycles. The van der Waals surface area contributed by atoms with Crippen molar-refractivity contribution in [3.8, 4) is 11.4 Å². The number of carbonyl (C=O) groups excluding carboxylic acids is 1. The molecule has 0 radical (unpaired) electrons. The Bertz CT molecular complexity index is 1160. The summed E-state index contributed by atoms with van der Waals surface area (Å²) in [6.45, 7) is 3.25. The van der Waals surface area contributed by atoms with Crippen molar-refractivity contribution in [2.24, 2.45) is 0 Å². The van der Waals surface area contributed by atoms with Crippen molar-refractivity contribution < 1.29 is 9.32 Å². The Morgan fingerprint density at radius 2 is 1.48 bits per heavy atom. The first-order valence-corrected chi connectivity index (χ1v) is 11.4. The second-order valence-electron chi connectivity index (χ2n) is 8.23. The summed E-state index contributed by atoms with van der Waals surface area (Å²) >= 11 is 0. The van der Waals surface area contributed by atoms with Crippen LogP contribution < -0.4 is 0 Å². The first kappa shape index (κ1) is 22.5. The summed E-state index contributed by atoms with van der Waals surface area (Å²) in [6, 6.07) is 28.4. The minimum atomic E-state index is 0.146. The molecule has 0 atom stereocenters. The lowest BCUT2D eigenvalue weighted by atomic mass is 10.1. The van der Waals surface area contributed by atoms with Gasteiger partial charge < -0.3 is 9.42 Å². The Kier molecular flexibility index (Phi) is 7.64. The van der Waals surface area contributed by atoms with Crippen LogP contribution in [0, 0.1) is 6.92 Å². The standard InChI is InChI=1S/C28H29N3O2/c1-22-9-8-14-25(21-22)28-29-26(33-30-28)18-20-31(19-17-24-12-6-3-7-13-24)27(32)16-15-23-10-4-2-5-11-23/h2-14,21H,15-20H2,1H3. The number of rotatable bonds is 10. The quantitative estimate of drug-likeness (QED) is 0.337. The van der Waals surface area contributed by atoms with E-state index in [0.29, 0.717) is 37.6 Å². The summed E-state index contributed by atoms with van der Waals surface area (Å²) in [7, 11) is 0. The van der Waals surface area contributed by atoms with Crippen molar-refractivity contribution in [3.05, 3.63) is 108 Å². The smallest absolute Gasteiger partial charge is 0.228 e. The van der Waals surface area contributed by atoms with Gasteiger partial charge in [0.25, 0.3) is 0 Å². The van der Waals surface area contributed by atoms with Crippen LogP contribution in [0.3, 0.4) is 0 Å². The Balaban J connectivity index is 1.39. The number of benzene rings is 3. The molecule has 0 saturated carbocycles. The molecular formula is C28H29N3O2. The van der Waals surface area contributed by atoms with Gasteiger partial charge in [-0.15, -0.1) is 0 Å². The van der Waals surface area contributed by atoms with Crippen LogP contribution in [0.25, 0.3) is 11.4 Å². The van der Waals surface area contributed by atoms with Crippen LogP contribution in [-0.4, -0.2) is 34.0 Å². The summed E-state index contributed by atoms with van der Waals surface area (Å²) in [5, 5.41) is 4.13. The third-order valence-corrected chi connectivity index (χ3v) is 5.68. The summed E-state index contributed by atoms with van der Waals surface area (Å²) < 4.78 is 5.48. The lowest BCUT2D eigenvalue weighted by Crippen LogP contribution is -2.35. The molecule has 0 bridgehead atoms. The molecule has 33 heavy (non-hydrogen) atoms. The average Bonchev–Trinajstić information content (AvgIpc) is 3.33. The summed E-state index contributed by atoms with van der Waals surface area (Å²) in [5.41, 5.74) is 4.48. The zero-order valence-electron chi connectivity index (χ0n) is 19.0. The molecule has 1 heterocycles. The monoisotopic (exact) mass is 439 g/mol. The molecule has 4 aromatic rings. The van der Waals surface area contributed by atoms with Gasteiger partial charge in [-0.25, -0.2) is 0 Å². The van der Waals surface area contributed by atoms with Gasteiger partial charge in [-0.1, -0.05) is 89.6 Å². The largest absolute Gasteiger partial charge is 0.342 e. The molecule has 0 aliphatic carbocycles. The zero-order chi connectivity index (χ0) is 22.9. The Labute approximate surface area is 195 Å². The summed E-state index contributed by atoms with van der Waals surface area (Å²) in [5.74, 6) is 1.28. The van der Waals surface area contributed by atoms with Gasteiger partial charge in [0.15, 0.2) is 0 Å². The van der Waals surface area contributed by atoms with Gasteiger partial charge in [-0.2, -0.15) is 4.98 Å². The fraction of sp³-hybridized carbons (Fsp3) is 0.250. The van der Waals surface area contributed by atoms with Crippen molar-refractivity contribution in [3.63, 3.8) is 0 Å². The van der Waals surface area contributed by atoms with E-state index >= 15 is 0 Å². The third kappa shape index (κ3) is 6.62. The Morgan fingerprint density at radius 1 is 0.818 bits per heavy atom. The molecule has 5 nitrogen and oxygen atoms in total. The van der Waals surface area contributed by atoms with Gasteiger partial charge in [0.05, 0.1) is 0 Å². The fourth-order valence-corrected chi connectivity index (χ4v) is 3.81. The lowest BCUT2D eigenvalue weighted by Gasteiger charge is -2.22. The van der Waals surface area contributed by atoms with E-state index in [2.05, 4.69) is 34.4 Å². The number of hydrogen-bond donors (Lipinski definition) is 0. The molecule has 3 aromatic carbocycles. The second kappa shape index (κ2) is 11.2.